The Bertz CT molecular complexity index is 613. The lowest BCUT2D eigenvalue weighted by Crippen LogP contribution is -2.36. The number of carbonyl (C=O) groups excluding carboxylic acids is 1. The van der Waals surface area contributed by atoms with Crippen LogP contribution in [0.25, 0.3) is 0 Å². The predicted octanol–water partition coefficient (Wildman–Crippen LogP) is 2.94. The van der Waals surface area contributed by atoms with Crippen molar-refractivity contribution >= 4 is 5.91 Å². The van der Waals surface area contributed by atoms with Crippen molar-refractivity contribution in [1.29, 1.82) is 0 Å². The van der Waals surface area contributed by atoms with Gasteiger partial charge in [-0.2, -0.15) is 13.9 Å². The molecule has 1 aromatic rings. The van der Waals surface area contributed by atoms with E-state index in [1.165, 1.54) is 0 Å². The van der Waals surface area contributed by atoms with Gasteiger partial charge in [0, 0.05) is 17.5 Å². The Kier molecular flexibility index (Phi) is 3.45. The van der Waals surface area contributed by atoms with E-state index in [1.807, 2.05) is 6.92 Å². The van der Waals surface area contributed by atoms with Gasteiger partial charge in [-0.1, -0.05) is 6.92 Å². The molecular formula is C14H17F4N3O. The number of rotatable bonds is 5. The van der Waals surface area contributed by atoms with Crippen LogP contribution < -0.4 is 5.32 Å². The summed E-state index contributed by atoms with van der Waals surface area (Å²) in [4.78, 5) is 11.9. The highest BCUT2D eigenvalue weighted by molar-refractivity contribution is 5.76. The maximum atomic E-state index is 14.3. The summed E-state index contributed by atoms with van der Waals surface area (Å²) in [5, 5.41) is 6.23. The van der Waals surface area contributed by atoms with Crippen molar-refractivity contribution in [1.82, 2.24) is 15.1 Å². The highest BCUT2D eigenvalue weighted by Crippen LogP contribution is 2.68. The Balaban J connectivity index is 1.92. The summed E-state index contributed by atoms with van der Waals surface area (Å²) < 4.78 is 55.4. The number of nitrogens with zero attached hydrogens (tertiary/aromatic N) is 2. The van der Waals surface area contributed by atoms with Crippen LogP contribution in [0.15, 0.2) is 0 Å². The molecule has 0 saturated heterocycles. The van der Waals surface area contributed by atoms with Gasteiger partial charge in [-0.05, 0) is 25.7 Å². The Morgan fingerprint density at radius 2 is 2.18 bits per heavy atom. The molecule has 2 aliphatic carbocycles. The first kappa shape index (κ1) is 15.3. The van der Waals surface area contributed by atoms with Crippen LogP contribution in [-0.2, 0) is 17.3 Å². The Morgan fingerprint density at radius 1 is 1.50 bits per heavy atom. The predicted molar refractivity (Wildman–Crippen MR) is 69.8 cm³/mol. The molecule has 0 radical (unpaired) electrons. The standard InChI is InChI=1S/C14H17F4N3O/c1-3-6(2)19-9(22)5-21-12-10(11(20-21)13(15)16)7-4-8(7)14(12,17)18/h6-8,13H,3-5H2,1-2H3,(H,19,22). The number of nitrogens with one attached hydrogen (secondary N) is 1. The fourth-order valence-corrected chi connectivity index (χ4v) is 3.14. The summed E-state index contributed by atoms with van der Waals surface area (Å²) in [5.74, 6) is -5.14. The van der Waals surface area contributed by atoms with Gasteiger partial charge in [0.2, 0.25) is 5.91 Å². The Hall–Kier alpha value is -1.60. The molecule has 3 atom stereocenters. The number of halogens is 4. The highest BCUT2D eigenvalue weighted by Gasteiger charge is 2.67. The third kappa shape index (κ3) is 2.19. The van der Waals surface area contributed by atoms with Crippen LogP contribution >= 0.6 is 0 Å². The Morgan fingerprint density at radius 3 is 2.77 bits per heavy atom. The van der Waals surface area contributed by atoms with Gasteiger partial charge in [-0.3, -0.25) is 9.48 Å². The van der Waals surface area contributed by atoms with Crippen molar-refractivity contribution in [2.24, 2.45) is 5.92 Å². The third-order valence-electron chi connectivity index (χ3n) is 4.48. The molecule has 8 heteroatoms. The second kappa shape index (κ2) is 4.96. The monoisotopic (exact) mass is 319 g/mol. The number of alkyl halides is 4. The zero-order valence-corrected chi connectivity index (χ0v) is 12.2. The molecule has 0 bridgehead atoms. The Labute approximate surface area is 124 Å². The van der Waals surface area contributed by atoms with Crippen LogP contribution in [0.3, 0.4) is 0 Å². The fourth-order valence-electron chi connectivity index (χ4n) is 3.14. The zero-order chi connectivity index (χ0) is 16.2. The van der Waals surface area contributed by atoms with Gasteiger partial charge in [-0.15, -0.1) is 0 Å². The molecule has 4 nitrogen and oxygen atoms in total. The van der Waals surface area contributed by atoms with E-state index < -0.39 is 48.0 Å². The maximum Gasteiger partial charge on any atom is 0.293 e. The first-order valence-electron chi connectivity index (χ1n) is 7.33. The highest BCUT2D eigenvalue weighted by atomic mass is 19.3. The first-order valence-corrected chi connectivity index (χ1v) is 7.33. The molecule has 1 amide bonds. The van der Waals surface area contributed by atoms with Gasteiger partial charge >= 0.3 is 0 Å². The van der Waals surface area contributed by atoms with Crippen molar-refractivity contribution in [3.05, 3.63) is 17.0 Å². The van der Waals surface area contributed by atoms with Crippen molar-refractivity contribution in [3.63, 3.8) is 0 Å². The molecular weight excluding hydrogens is 302 g/mol. The molecule has 122 valence electrons. The van der Waals surface area contributed by atoms with E-state index in [0.29, 0.717) is 6.42 Å². The molecule has 1 saturated carbocycles. The molecule has 22 heavy (non-hydrogen) atoms. The summed E-state index contributed by atoms with van der Waals surface area (Å²) in [6.07, 6.45) is -2.02. The first-order chi connectivity index (χ1) is 10.3. The molecule has 3 rings (SSSR count). The van der Waals surface area contributed by atoms with E-state index in [-0.39, 0.29) is 18.0 Å². The average molecular weight is 319 g/mol. The maximum absolute atomic E-state index is 14.3. The second-order valence-corrected chi connectivity index (χ2v) is 6.05. The zero-order valence-electron chi connectivity index (χ0n) is 12.2. The minimum atomic E-state index is -3.18. The lowest BCUT2D eigenvalue weighted by atomic mass is 10.1. The lowest BCUT2D eigenvalue weighted by Gasteiger charge is -2.16. The number of hydrogen-bond acceptors (Lipinski definition) is 2. The van der Waals surface area contributed by atoms with Crippen LogP contribution in [0, 0.1) is 5.92 Å². The molecule has 3 unspecified atom stereocenters. The summed E-state index contributed by atoms with van der Waals surface area (Å²) >= 11 is 0. The van der Waals surface area contributed by atoms with Gasteiger partial charge in [0.05, 0.1) is 0 Å². The quantitative estimate of drug-likeness (QED) is 0.848. The fraction of sp³-hybridized carbons (Fsp3) is 0.714. The van der Waals surface area contributed by atoms with E-state index in [2.05, 4.69) is 10.4 Å². The van der Waals surface area contributed by atoms with Gasteiger partial charge < -0.3 is 5.32 Å². The van der Waals surface area contributed by atoms with Crippen molar-refractivity contribution in [3.8, 4) is 0 Å². The summed E-state index contributed by atoms with van der Waals surface area (Å²) in [7, 11) is 0. The van der Waals surface area contributed by atoms with E-state index in [1.54, 1.807) is 6.92 Å². The van der Waals surface area contributed by atoms with Gasteiger partial charge in [0.1, 0.15) is 17.9 Å². The van der Waals surface area contributed by atoms with Crippen LogP contribution in [-0.4, -0.2) is 21.7 Å². The third-order valence-corrected chi connectivity index (χ3v) is 4.48. The van der Waals surface area contributed by atoms with Crippen LogP contribution in [0.5, 0.6) is 0 Å². The number of amides is 1. The largest absolute Gasteiger partial charge is 0.352 e. The van der Waals surface area contributed by atoms with E-state index >= 15 is 0 Å². The van der Waals surface area contributed by atoms with Gasteiger partial charge in [0.15, 0.2) is 0 Å². The average Bonchev–Trinajstić information content (AvgIpc) is 3.08. The number of aromatic nitrogens is 2. The summed E-state index contributed by atoms with van der Waals surface area (Å²) in [5.41, 5.74) is -1.14. The van der Waals surface area contributed by atoms with Crippen molar-refractivity contribution in [2.75, 3.05) is 0 Å². The smallest absolute Gasteiger partial charge is 0.293 e. The summed E-state index contributed by atoms with van der Waals surface area (Å²) in [6, 6.07) is -0.111. The van der Waals surface area contributed by atoms with E-state index in [9.17, 15) is 22.4 Å². The molecule has 1 N–H and O–H groups in total. The van der Waals surface area contributed by atoms with Crippen LogP contribution in [0.4, 0.5) is 17.6 Å². The molecule has 0 aliphatic heterocycles. The molecule has 2 aliphatic rings. The summed E-state index contributed by atoms with van der Waals surface area (Å²) in [6.45, 7) is 3.18. The van der Waals surface area contributed by atoms with E-state index in [0.717, 1.165) is 4.68 Å². The van der Waals surface area contributed by atoms with Crippen LogP contribution in [0.2, 0.25) is 0 Å². The SMILES string of the molecule is CCC(C)NC(=O)Cn1nc(C(F)F)c2c1C(F)(F)C1CC21. The second-order valence-electron chi connectivity index (χ2n) is 6.05. The topological polar surface area (TPSA) is 46.9 Å². The molecule has 1 aromatic heterocycles. The normalized spacial score (nSPS) is 25.8. The number of carbonyl (C=O) groups is 1. The molecule has 0 spiro atoms. The lowest BCUT2D eigenvalue weighted by molar-refractivity contribution is -0.122. The molecule has 1 heterocycles. The van der Waals surface area contributed by atoms with E-state index in [4.69, 9.17) is 0 Å². The minimum absolute atomic E-state index is 0.0404. The van der Waals surface area contributed by atoms with Gasteiger partial charge in [0.25, 0.3) is 12.3 Å². The van der Waals surface area contributed by atoms with Crippen LogP contribution in [0.1, 0.15) is 56.0 Å². The minimum Gasteiger partial charge on any atom is -0.352 e. The molecule has 1 fully saturated rings. The van der Waals surface area contributed by atoms with Crippen molar-refractivity contribution in [2.45, 2.75) is 57.5 Å². The van der Waals surface area contributed by atoms with Gasteiger partial charge in [-0.25, -0.2) is 8.78 Å². The van der Waals surface area contributed by atoms with Crippen molar-refractivity contribution < 1.29 is 22.4 Å². The molecule has 0 aromatic carbocycles. The number of hydrogen-bond donors (Lipinski definition) is 1. The number of fused-ring (bicyclic) bond motifs is 3.